The lowest BCUT2D eigenvalue weighted by molar-refractivity contribution is 0.0623. The molecule has 5 rings (SSSR count). The number of hydrogen-bond acceptors (Lipinski definition) is 4. The molecule has 0 radical (unpaired) electrons. The van der Waals surface area contributed by atoms with Gasteiger partial charge in [0.05, 0.1) is 18.8 Å². The van der Waals surface area contributed by atoms with Gasteiger partial charge < -0.3 is 14.6 Å². The SMILES string of the molecule is O=C(OCC1c2ccccc2-c2ccccc21)N1CCC2OCC(O)C21. The molecular formula is C21H21NO4. The number of benzene rings is 2. The van der Waals surface area contributed by atoms with E-state index >= 15 is 0 Å². The van der Waals surface area contributed by atoms with Gasteiger partial charge in [-0.1, -0.05) is 48.5 Å². The van der Waals surface area contributed by atoms with Crippen molar-refractivity contribution >= 4 is 6.09 Å². The molecule has 3 aliphatic rings. The maximum Gasteiger partial charge on any atom is 0.410 e. The molecule has 5 nitrogen and oxygen atoms in total. The molecule has 1 amide bonds. The van der Waals surface area contributed by atoms with E-state index in [-0.39, 0.29) is 24.2 Å². The van der Waals surface area contributed by atoms with Crippen LogP contribution in [0.25, 0.3) is 11.1 Å². The van der Waals surface area contributed by atoms with Crippen LogP contribution in [0.5, 0.6) is 0 Å². The molecule has 1 aliphatic carbocycles. The summed E-state index contributed by atoms with van der Waals surface area (Å²) in [7, 11) is 0. The fraction of sp³-hybridized carbons (Fsp3) is 0.381. The Kier molecular flexibility index (Phi) is 3.72. The van der Waals surface area contributed by atoms with E-state index in [1.54, 1.807) is 4.90 Å². The Morgan fingerprint density at radius 2 is 1.77 bits per heavy atom. The highest BCUT2D eigenvalue weighted by Crippen LogP contribution is 2.44. The number of rotatable bonds is 2. The second-order valence-electron chi connectivity index (χ2n) is 7.22. The van der Waals surface area contributed by atoms with Gasteiger partial charge in [0.25, 0.3) is 0 Å². The number of aliphatic hydroxyl groups excluding tert-OH is 1. The van der Waals surface area contributed by atoms with Gasteiger partial charge in [-0.05, 0) is 28.7 Å². The van der Waals surface area contributed by atoms with Gasteiger partial charge in [-0.15, -0.1) is 0 Å². The Labute approximate surface area is 152 Å². The first-order valence-electron chi connectivity index (χ1n) is 9.15. The van der Waals surface area contributed by atoms with Crippen LogP contribution in [0.15, 0.2) is 48.5 Å². The first-order valence-corrected chi connectivity index (χ1v) is 9.15. The van der Waals surface area contributed by atoms with Crippen molar-refractivity contribution in [3.8, 4) is 11.1 Å². The Hall–Kier alpha value is -2.37. The van der Waals surface area contributed by atoms with Gasteiger partial charge in [0.2, 0.25) is 0 Å². The normalized spacial score (nSPS) is 26.5. The summed E-state index contributed by atoms with van der Waals surface area (Å²) in [5.41, 5.74) is 4.82. The molecular weight excluding hydrogens is 330 g/mol. The monoisotopic (exact) mass is 351 g/mol. The molecule has 2 fully saturated rings. The Bertz CT molecular complexity index is 806. The minimum Gasteiger partial charge on any atom is -0.448 e. The van der Waals surface area contributed by atoms with Gasteiger partial charge in [0.15, 0.2) is 0 Å². The van der Waals surface area contributed by atoms with Crippen molar-refractivity contribution in [2.75, 3.05) is 19.8 Å². The van der Waals surface area contributed by atoms with Crippen LogP contribution in [-0.2, 0) is 9.47 Å². The molecule has 2 aromatic rings. The smallest absolute Gasteiger partial charge is 0.410 e. The zero-order chi connectivity index (χ0) is 17.7. The molecule has 5 heteroatoms. The van der Waals surface area contributed by atoms with Crippen LogP contribution < -0.4 is 0 Å². The summed E-state index contributed by atoms with van der Waals surface area (Å²) in [4.78, 5) is 14.3. The van der Waals surface area contributed by atoms with E-state index < -0.39 is 6.10 Å². The molecule has 134 valence electrons. The largest absolute Gasteiger partial charge is 0.448 e. The third-order valence-corrected chi connectivity index (χ3v) is 5.84. The Morgan fingerprint density at radius 1 is 1.12 bits per heavy atom. The second-order valence-corrected chi connectivity index (χ2v) is 7.22. The van der Waals surface area contributed by atoms with Crippen LogP contribution in [0.4, 0.5) is 4.79 Å². The van der Waals surface area contributed by atoms with Gasteiger partial charge in [-0.25, -0.2) is 4.79 Å². The number of carbonyl (C=O) groups excluding carboxylic acids is 1. The van der Waals surface area contributed by atoms with Crippen LogP contribution in [0.1, 0.15) is 23.5 Å². The lowest BCUT2D eigenvalue weighted by Gasteiger charge is -2.25. The van der Waals surface area contributed by atoms with Gasteiger partial charge >= 0.3 is 6.09 Å². The highest BCUT2D eigenvalue weighted by atomic mass is 16.6. The predicted octanol–water partition coefficient (Wildman–Crippen LogP) is 2.77. The zero-order valence-corrected chi connectivity index (χ0v) is 14.4. The van der Waals surface area contributed by atoms with Crippen LogP contribution >= 0.6 is 0 Å². The fourth-order valence-electron chi connectivity index (χ4n) is 4.63. The Morgan fingerprint density at radius 3 is 2.46 bits per heavy atom. The summed E-state index contributed by atoms with van der Waals surface area (Å²) in [6, 6.07) is 16.3. The minimum absolute atomic E-state index is 0.0505. The maximum atomic E-state index is 12.7. The number of ether oxygens (including phenoxy) is 2. The first kappa shape index (κ1) is 15.9. The lowest BCUT2D eigenvalue weighted by Crippen LogP contribution is -2.44. The lowest BCUT2D eigenvalue weighted by atomic mass is 9.98. The molecule has 1 N–H and O–H groups in total. The molecule has 0 spiro atoms. The van der Waals surface area contributed by atoms with Crippen molar-refractivity contribution < 1.29 is 19.4 Å². The van der Waals surface area contributed by atoms with Crippen molar-refractivity contribution in [2.45, 2.75) is 30.6 Å². The van der Waals surface area contributed by atoms with Crippen LogP contribution in [0, 0.1) is 0 Å². The van der Waals surface area contributed by atoms with Crippen LogP contribution in [0.3, 0.4) is 0 Å². The molecule has 2 aromatic carbocycles. The van der Waals surface area contributed by atoms with Crippen molar-refractivity contribution in [1.82, 2.24) is 4.90 Å². The molecule has 2 saturated heterocycles. The van der Waals surface area contributed by atoms with E-state index in [0.717, 1.165) is 6.42 Å². The number of aliphatic hydroxyl groups is 1. The molecule has 0 aromatic heterocycles. The van der Waals surface area contributed by atoms with E-state index in [4.69, 9.17) is 9.47 Å². The van der Waals surface area contributed by atoms with Crippen molar-refractivity contribution in [2.24, 2.45) is 0 Å². The topological polar surface area (TPSA) is 59.0 Å². The van der Waals surface area contributed by atoms with Crippen LogP contribution in [0.2, 0.25) is 0 Å². The van der Waals surface area contributed by atoms with E-state index in [1.165, 1.54) is 22.3 Å². The van der Waals surface area contributed by atoms with Crippen LogP contribution in [-0.4, -0.2) is 54.1 Å². The van der Waals surface area contributed by atoms with Crippen molar-refractivity contribution in [3.63, 3.8) is 0 Å². The first-order chi connectivity index (χ1) is 12.7. The number of fused-ring (bicyclic) bond motifs is 4. The van der Waals surface area contributed by atoms with E-state index in [0.29, 0.717) is 19.8 Å². The number of likely N-dealkylation sites (tertiary alicyclic amines) is 1. The second kappa shape index (κ2) is 6.11. The third-order valence-electron chi connectivity index (χ3n) is 5.84. The van der Waals surface area contributed by atoms with Crippen molar-refractivity contribution in [1.29, 1.82) is 0 Å². The summed E-state index contributed by atoms with van der Waals surface area (Å²) < 4.78 is 11.2. The predicted molar refractivity (Wildman–Crippen MR) is 95.9 cm³/mol. The third kappa shape index (κ3) is 2.35. The molecule has 3 unspecified atom stereocenters. The minimum atomic E-state index is -0.622. The summed E-state index contributed by atoms with van der Waals surface area (Å²) >= 11 is 0. The number of carbonyl (C=O) groups is 1. The average Bonchev–Trinajstić information content (AvgIpc) is 3.34. The zero-order valence-electron chi connectivity index (χ0n) is 14.4. The summed E-state index contributed by atoms with van der Waals surface area (Å²) in [6.07, 6.45) is -0.288. The Balaban J connectivity index is 1.35. The average molecular weight is 351 g/mol. The number of nitrogens with zero attached hydrogens (tertiary/aromatic N) is 1. The van der Waals surface area contributed by atoms with Gasteiger partial charge in [-0.3, -0.25) is 4.90 Å². The molecule has 2 heterocycles. The van der Waals surface area contributed by atoms with Gasteiger partial charge in [0, 0.05) is 12.5 Å². The molecule has 26 heavy (non-hydrogen) atoms. The molecule has 0 bridgehead atoms. The van der Waals surface area contributed by atoms with E-state index in [1.807, 2.05) is 24.3 Å². The highest BCUT2D eigenvalue weighted by Gasteiger charge is 2.47. The number of amides is 1. The summed E-state index contributed by atoms with van der Waals surface area (Å²) in [6.45, 7) is 1.17. The van der Waals surface area contributed by atoms with E-state index in [2.05, 4.69) is 24.3 Å². The standard InChI is InChI=1S/C21H21NO4/c23-18-12-25-19-9-10-22(20(18)19)21(24)26-11-17-15-7-3-1-5-13(15)14-6-2-4-8-16(14)17/h1-8,17-20,23H,9-12H2. The summed E-state index contributed by atoms with van der Waals surface area (Å²) in [5, 5.41) is 10.1. The van der Waals surface area contributed by atoms with Gasteiger partial charge in [-0.2, -0.15) is 0 Å². The fourth-order valence-corrected chi connectivity index (χ4v) is 4.63. The highest BCUT2D eigenvalue weighted by molar-refractivity contribution is 5.79. The number of hydrogen-bond donors (Lipinski definition) is 1. The molecule has 0 saturated carbocycles. The summed E-state index contributed by atoms with van der Waals surface area (Å²) in [5.74, 6) is 0.0505. The van der Waals surface area contributed by atoms with E-state index in [9.17, 15) is 9.90 Å². The molecule has 2 aliphatic heterocycles. The van der Waals surface area contributed by atoms with Gasteiger partial charge in [0.1, 0.15) is 12.7 Å². The molecule has 3 atom stereocenters. The maximum absolute atomic E-state index is 12.7. The van der Waals surface area contributed by atoms with Crippen molar-refractivity contribution in [3.05, 3.63) is 59.7 Å². The quantitative estimate of drug-likeness (QED) is 0.904.